The number of thiophene rings is 1. The Hall–Kier alpha value is -1.66. The number of aryl methyl sites for hydroxylation is 1. The fourth-order valence-electron chi connectivity index (χ4n) is 1.72. The summed E-state index contributed by atoms with van der Waals surface area (Å²) in [4.78, 5) is 23.9. The highest BCUT2D eigenvalue weighted by Gasteiger charge is 2.15. The molecule has 0 fully saturated rings. The van der Waals surface area contributed by atoms with E-state index in [1.165, 1.54) is 11.3 Å². The van der Waals surface area contributed by atoms with E-state index in [0.717, 1.165) is 14.9 Å². The average Bonchev–Trinajstić information content (AvgIpc) is 2.73. The molecule has 1 aromatic carbocycles. The molecule has 20 heavy (non-hydrogen) atoms. The summed E-state index contributed by atoms with van der Waals surface area (Å²) in [5.41, 5.74) is 1.01. The third kappa shape index (κ3) is 3.68. The second-order valence-electron chi connectivity index (χ2n) is 4.26. The minimum atomic E-state index is -1.03. The van der Waals surface area contributed by atoms with Crippen LogP contribution in [-0.2, 0) is 11.2 Å². The van der Waals surface area contributed by atoms with Gasteiger partial charge >= 0.3 is 5.97 Å². The molecule has 2 rings (SSSR count). The smallest absolute Gasteiger partial charge is 0.338 e. The van der Waals surface area contributed by atoms with Crippen molar-refractivity contribution in [2.45, 2.75) is 13.3 Å². The summed E-state index contributed by atoms with van der Waals surface area (Å²) in [7, 11) is 0. The van der Waals surface area contributed by atoms with Gasteiger partial charge in [-0.05, 0) is 30.7 Å². The summed E-state index contributed by atoms with van der Waals surface area (Å²) in [5, 5.41) is 12.1. The van der Waals surface area contributed by atoms with E-state index < -0.39 is 5.97 Å². The van der Waals surface area contributed by atoms with E-state index in [1.807, 2.05) is 31.2 Å². The van der Waals surface area contributed by atoms with Crippen molar-refractivity contribution < 1.29 is 14.7 Å². The molecule has 6 heteroatoms. The van der Waals surface area contributed by atoms with E-state index >= 15 is 0 Å². The topological polar surface area (TPSA) is 66.4 Å². The number of rotatable bonds is 4. The molecule has 0 atom stereocenters. The molecular formula is C14H12BrNO3S. The minimum Gasteiger partial charge on any atom is -0.478 e. The molecule has 0 aliphatic rings. The zero-order valence-corrected chi connectivity index (χ0v) is 13.0. The first-order valence-corrected chi connectivity index (χ1v) is 7.44. The van der Waals surface area contributed by atoms with Gasteiger partial charge in [0.25, 0.3) is 0 Å². The summed E-state index contributed by atoms with van der Waals surface area (Å²) in [6.07, 6.45) is 0.212. The van der Waals surface area contributed by atoms with Gasteiger partial charge in [0, 0.05) is 9.35 Å². The number of benzene rings is 1. The SMILES string of the molecule is Cc1cc(C(=O)O)c(NC(=O)Cc2ccc(Br)cc2)s1. The van der Waals surface area contributed by atoms with Crippen molar-refractivity contribution in [2.24, 2.45) is 0 Å². The van der Waals surface area contributed by atoms with Crippen molar-refractivity contribution in [2.75, 3.05) is 5.32 Å². The fourth-order valence-corrected chi connectivity index (χ4v) is 2.91. The number of hydrogen-bond acceptors (Lipinski definition) is 3. The summed E-state index contributed by atoms with van der Waals surface area (Å²) in [6.45, 7) is 1.81. The van der Waals surface area contributed by atoms with Gasteiger partial charge < -0.3 is 10.4 Å². The molecule has 0 spiro atoms. The quantitative estimate of drug-likeness (QED) is 0.880. The molecule has 0 saturated heterocycles. The van der Waals surface area contributed by atoms with Crippen LogP contribution in [0.3, 0.4) is 0 Å². The minimum absolute atomic E-state index is 0.136. The van der Waals surface area contributed by atoms with Crippen LogP contribution >= 0.6 is 27.3 Å². The van der Waals surface area contributed by atoms with E-state index in [1.54, 1.807) is 6.07 Å². The van der Waals surface area contributed by atoms with Crippen molar-refractivity contribution in [3.63, 3.8) is 0 Å². The maximum absolute atomic E-state index is 11.9. The highest BCUT2D eigenvalue weighted by Crippen LogP contribution is 2.27. The van der Waals surface area contributed by atoms with Gasteiger partial charge in [0.2, 0.25) is 5.91 Å². The van der Waals surface area contributed by atoms with Crippen molar-refractivity contribution in [3.05, 3.63) is 50.8 Å². The maximum Gasteiger partial charge on any atom is 0.338 e. The zero-order chi connectivity index (χ0) is 14.7. The molecule has 0 bridgehead atoms. The number of carbonyl (C=O) groups is 2. The van der Waals surface area contributed by atoms with Crippen LogP contribution in [0.1, 0.15) is 20.8 Å². The summed E-state index contributed by atoms with van der Waals surface area (Å²) in [5.74, 6) is -1.26. The Balaban J connectivity index is 2.08. The van der Waals surface area contributed by atoms with Crippen LogP contribution in [0, 0.1) is 6.92 Å². The monoisotopic (exact) mass is 353 g/mol. The van der Waals surface area contributed by atoms with Gasteiger partial charge in [0.05, 0.1) is 12.0 Å². The lowest BCUT2D eigenvalue weighted by molar-refractivity contribution is -0.115. The van der Waals surface area contributed by atoms with E-state index in [2.05, 4.69) is 21.2 Å². The van der Waals surface area contributed by atoms with Gasteiger partial charge in [0.15, 0.2) is 0 Å². The van der Waals surface area contributed by atoms with Crippen LogP contribution < -0.4 is 5.32 Å². The second-order valence-corrected chi connectivity index (χ2v) is 6.43. The molecule has 0 unspecified atom stereocenters. The predicted molar refractivity (Wildman–Crippen MR) is 82.5 cm³/mol. The van der Waals surface area contributed by atoms with E-state index in [4.69, 9.17) is 5.11 Å². The summed E-state index contributed by atoms with van der Waals surface area (Å²) in [6, 6.07) is 8.98. The van der Waals surface area contributed by atoms with E-state index in [-0.39, 0.29) is 17.9 Å². The molecule has 1 heterocycles. The summed E-state index contributed by atoms with van der Waals surface area (Å²) < 4.78 is 0.948. The van der Waals surface area contributed by atoms with Crippen LogP contribution in [0.2, 0.25) is 0 Å². The Bertz CT molecular complexity index is 649. The first kappa shape index (κ1) is 14.7. The molecule has 104 valence electrons. The third-order valence-corrected chi connectivity index (χ3v) is 4.11. The Morgan fingerprint density at radius 2 is 1.95 bits per heavy atom. The third-order valence-electron chi connectivity index (χ3n) is 2.62. The van der Waals surface area contributed by atoms with Crippen LogP contribution in [0.15, 0.2) is 34.8 Å². The van der Waals surface area contributed by atoms with E-state index in [9.17, 15) is 9.59 Å². The molecule has 0 radical (unpaired) electrons. The first-order valence-electron chi connectivity index (χ1n) is 5.83. The van der Waals surface area contributed by atoms with Gasteiger partial charge in [-0.25, -0.2) is 4.79 Å². The molecule has 0 aliphatic carbocycles. The van der Waals surface area contributed by atoms with Crippen molar-refractivity contribution in [1.82, 2.24) is 0 Å². The number of hydrogen-bond donors (Lipinski definition) is 2. The van der Waals surface area contributed by atoms with Crippen molar-refractivity contribution in [1.29, 1.82) is 0 Å². The van der Waals surface area contributed by atoms with Crippen LogP contribution in [0.4, 0.5) is 5.00 Å². The average molecular weight is 354 g/mol. The number of amides is 1. The molecular weight excluding hydrogens is 342 g/mol. The predicted octanol–water partition coefficient (Wildman–Crippen LogP) is 3.70. The van der Waals surface area contributed by atoms with Gasteiger partial charge in [-0.15, -0.1) is 11.3 Å². The Morgan fingerprint density at radius 1 is 1.30 bits per heavy atom. The van der Waals surface area contributed by atoms with Gasteiger partial charge in [0.1, 0.15) is 5.00 Å². The van der Waals surface area contributed by atoms with Gasteiger partial charge in [-0.3, -0.25) is 4.79 Å². The van der Waals surface area contributed by atoms with Crippen LogP contribution in [0.5, 0.6) is 0 Å². The van der Waals surface area contributed by atoms with Crippen molar-refractivity contribution >= 4 is 44.1 Å². The number of carboxylic acid groups (broad SMARTS) is 1. The molecule has 1 amide bonds. The fraction of sp³-hybridized carbons (Fsp3) is 0.143. The molecule has 2 N–H and O–H groups in total. The molecule has 0 saturated carbocycles. The highest BCUT2D eigenvalue weighted by atomic mass is 79.9. The first-order chi connectivity index (χ1) is 9.45. The van der Waals surface area contributed by atoms with E-state index in [0.29, 0.717) is 5.00 Å². The summed E-state index contributed by atoms with van der Waals surface area (Å²) >= 11 is 4.59. The lowest BCUT2D eigenvalue weighted by Gasteiger charge is -2.04. The molecule has 4 nitrogen and oxygen atoms in total. The number of halogens is 1. The number of carbonyl (C=O) groups excluding carboxylic acids is 1. The second kappa shape index (κ2) is 6.19. The lowest BCUT2D eigenvalue weighted by Crippen LogP contribution is -2.15. The molecule has 2 aromatic rings. The molecule has 0 aliphatic heterocycles. The Kier molecular flexibility index (Phi) is 4.57. The van der Waals surface area contributed by atoms with Gasteiger partial charge in [-0.1, -0.05) is 28.1 Å². The van der Waals surface area contributed by atoms with Crippen LogP contribution in [-0.4, -0.2) is 17.0 Å². The molecule has 1 aromatic heterocycles. The number of anilines is 1. The number of aromatic carboxylic acids is 1. The maximum atomic E-state index is 11.9. The number of nitrogens with one attached hydrogen (secondary N) is 1. The number of carboxylic acids is 1. The van der Waals surface area contributed by atoms with Crippen molar-refractivity contribution in [3.8, 4) is 0 Å². The lowest BCUT2D eigenvalue weighted by atomic mass is 10.1. The Morgan fingerprint density at radius 3 is 2.55 bits per heavy atom. The normalized spacial score (nSPS) is 10.3. The van der Waals surface area contributed by atoms with Crippen LogP contribution in [0.25, 0.3) is 0 Å². The largest absolute Gasteiger partial charge is 0.478 e. The Labute approximate surface area is 128 Å². The zero-order valence-electron chi connectivity index (χ0n) is 10.6. The van der Waals surface area contributed by atoms with Gasteiger partial charge in [-0.2, -0.15) is 0 Å². The standard InChI is InChI=1S/C14H12BrNO3S/c1-8-6-11(14(18)19)13(20-8)16-12(17)7-9-2-4-10(15)5-3-9/h2-6H,7H2,1H3,(H,16,17)(H,18,19). The highest BCUT2D eigenvalue weighted by molar-refractivity contribution is 9.10.